The van der Waals surface area contributed by atoms with Crippen LogP contribution in [0.5, 0.6) is 0 Å². The van der Waals surface area contributed by atoms with Crippen LogP contribution in [-0.2, 0) is 4.74 Å². The van der Waals surface area contributed by atoms with Gasteiger partial charge in [-0.15, -0.1) is 11.3 Å². The second-order valence-electron chi connectivity index (χ2n) is 5.90. The van der Waals surface area contributed by atoms with Crippen LogP contribution in [0.25, 0.3) is 10.2 Å². The van der Waals surface area contributed by atoms with Gasteiger partial charge in [0.05, 0.1) is 28.1 Å². The van der Waals surface area contributed by atoms with Gasteiger partial charge >= 0.3 is 0 Å². The summed E-state index contributed by atoms with van der Waals surface area (Å²) in [5.41, 5.74) is 2.38. The molecule has 0 unspecified atom stereocenters. The van der Waals surface area contributed by atoms with Gasteiger partial charge in [0, 0.05) is 39.4 Å². The van der Waals surface area contributed by atoms with Gasteiger partial charge in [0.1, 0.15) is 0 Å². The van der Waals surface area contributed by atoms with Crippen LogP contribution in [0.1, 0.15) is 13.8 Å². The monoisotopic (exact) mass is 305 g/mol. The van der Waals surface area contributed by atoms with Crippen LogP contribution in [0.3, 0.4) is 0 Å². The number of hydrogen-bond donors (Lipinski definition) is 0. The van der Waals surface area contributed by atoms with Crippen molar-refractivity contribution in [3.63, 3.8) is 0 Å². The van der Waals surface area contributed by atoms with Crippen LogP contribution in [-0.4, -0.2) is 55.3 Å². The molecule has 1 fully saturated rings. The minimum absolute atomic E-state index is 0.337. The smallest absolute Gasteiger partial charge is 0.0830 e. The zero-order valence-corrected chi connectivity index (χ0v) is 13.8. The van der Waals surface area contributed by atoms with Crippen molar-refractivity contribution in [2.45, 2.75) is 26.1 Å². The number of likely N-dealkylation sites (N-methyl/N-ethyl adjacent to an activating group) is 1. The van der Waals surface area contributed by atoms with Crippen LogP contribution in [0.15, 0.2) is 23.7 Å². The van der Waals surface area contributed by atoms with Gasteiger partial charge in [0.2, 0.25) is 0 Å². The number of aromatic nitrogens is 1. The number of hydrogen-bond acceptors (Lipinski definition) is 5. The van der Waals surface area contributed by atoms with Crippen molar-refractivity contribution < 1.29 is 4.74 Å². The summed E-state index contributed by atoms with van der Waals surface area (Å²) >= 11 is 1.77. The van der Waals surface area contributed by atoms with Gasteiger partial charge in [-0.05, 0) is 31.4 Å². The number of pyridine rings is 1. The number of thiophene rings is 1. The first-order valence-corrected chi connectivity index (χ1v) is 8.42. The predicted octanol–water partition coefficient (Wildman–Crippen LogP) is 2.84. The van der Waals surface area contributed by atoms with Crippen molar-refractivity contribution in [3.8, 4) is 0 Å². The van der Waals surface area contributed by atoms with E-state index in [0.717, 1.165) is 31.7 Å². The van der Waals surface area contributed by atoms with Crippen molar-refractivity contribution in [1.82, 2.24) is 9.88 Å². The second-order valence-corrected chi connectivity index (χ2v) is 6.82. The SMILES string of the molecule is C[C@@H]1CN(CCN(C)c2ccnc3ccsc23)C[C@H](C)O1. The topological polar surface area (TPSA) is 28.6 Å². The van der Waals surface area contributed by atoms with Gasteiger partial charge in [-0.2, -0.15) is 0 Å². The highest BCUT2D eigenvalue weighted by Crippen LogP contribution is 2.29. The highest BCUT2D eigenvalue weighted by Gasteiger charge is 2.22. The van der Waals surface area contributed by atoms with E-state index in [1.165, 1.54) is 10.4 Å². The van der Waals surface area contributed by atoms with Gasteiger partial charge in [-0.3, -0.25) is 9.88 Å². The summed E-state index contributed by atoms with van der Waals surface area (Å²) in [4.78, 5) is 9.25. The third-order valence-corrected chi connectivity index (χ3v) is 4.91. The predicted molar refractivity (Wildman–Crippen MR) is 89.3 cm³/mol. The molecular weight excluding hydrogens is 282 g/mol. The lowest BCUT2D eigenvalue weighted by Crippen LogP contribution is -2.47. The van der Waals surface area contributed by atoms with Crippen molar-refractivity contribution in [2.75, 3.05) is 38.1 Å². The molecule has 0 saturated carbocycles. The van der Waals surface area contributed by atoms with Gasteiger partial charge < -0.3 is 9.64 Å². The molecule has 0 bridgehead atoms. The molecule has 2 atom stereocenters. The van der Waals surface area contributed by atoms with Crippen LogP contribution in [0, 0.1) is 0 Å². The van der Waals surface area contributed by atoms with E-state index in [2.05, 4.69) is 53.2 Å². The van der Waals surface area contributed by atoms with Crippen molar-refractivity contribution in [3.05, 3.63) is 23.7 Å². The normalized spacial score (nSPS) is 23.6. The fourth-order valence-electron chi connectivity index (χ4n) is 3.04. The summed E-state index contributed by atoms with van der Waals surface area (Å²) in [5, 5.41) is 2.11. The molecule has 1 saturated heterocycles. The maximum atomic E-state index is 5.79. The van der Waals surface area contributed by atoms with Gasteiger partial charge in [0.15, 0.2) is 0 Å². The summed E-state index contributed by atoms with van der Waals surface area (Å²) in [6.07, 6.45) is 2.58. The number of rotatable bonds is 4. The number of morpholine rings is 1. The highest BCUT2D eigenvalue weighted by molar-refractivity contribution is 7.17. The van der Waals surface area contributed by atoms with Crippen LogP contribution < -0.4 is 4.90 Å². The Morgan fingerprint density at radius 1 is 1.33 bits per heavy atom. The van der Waals surface area contributed by atoms with Crippen molar-refractivity contribution in [2.24, 2.45) is 0 Å². The fraction of sp³-hybridized carbons (Fsp3) is 0.562. The Balaban J connectivity index is 1.64. The molecule has 3 heterocycles. The molecule has 5 heteroatoms. The van der Waals surface area contributed by atoms with E-state index in [4.69, 9.17) is 4.74 Å². The quantitative estimate of drug-likeness (QED) is 0.868. The number of anilines is 1. The number of fused-ring (bicyclic) bond motifs is 1. The summed E-state index contributed by atoms with van der Waals surface area (Å²) in [6.45, 7) is 8.47. The molecule has 4 nitrogen and oxygen atoms in total. The maximum Gasteiger partial charge on any atom is 0.0830 e. The molecule has 3 rings (SSSR count). The Labute approximate surface area is 130 Å². The van der Waals surface area contributed by atoms with E-state index in [9.17, 15) is 0 Å². The molecular formula is C16H23N3OS. The van der Waals surface area contributed by atoms with Gasteiger partial charge in [-0.1, -0.05) is 0 Å². The molecule has 21 heavy (non-hydrogen) atoms. The van der Waals surface area contributed by atoms with Crippen LogP contribution in [0.2, 0.25) is 0 Å². The third-order valence-electron chi connectivity index (χ3n) is 3.98. The molecule has 0 amide bonds. The lowest BCUT2D eigenvalue weighted by Gasteiger charge is -2.36. The molecule has 0 aliphatic carbocycles. The first-order valence-electron chi connectivity index (χ1n) is 7.54. The molecule has 0 spiro atoms. The standard InChI is InChI=1S/C16H23N3OS/c1-12-10-19(11-13(2)20-12)8-7-18(3)15-4-6-17-14-5-9-21-16(14)15/h4-6,9,12-13H,7-8,10-11H2,1-3H3/t12-,13+. The first kappa shape index (κ1) is 14.8. The van der Waals surface area contributed by atoms with E-state index in [-0.39, 0.29) is 0 Å². The minimum atomic E-state index is 0.337. The first-order chi connectivity index (χ1) is 10.1. The van der Waals surface area contributed by atoms with E-state index in [0.29, 0.717) is 12.2 Å². The van der Waals surface area contributed by atoms with Crippen molar-refractivity contribution in [1.29, 1.82) is 0 Å². The van der Waals surface area contributed by atoms with E-state index < -0.39 is 0 Å². The summed E-state index contributed by atoms with van der Waals surface area (Å²) < 4.78 is 7.07. The fourth-order valence-corrected chi connectivity index (χ4v) is 3.96. The molecule has 0 radical (unpaired) electrons. The number of nitrogens with zero attached hydrogens (tertiary/aromatic N) is 3. The van der Waals surface area contributed by atoms with Gasteiger partial charge in [0.25, 0.3) is 0 Å². The zero-order valence-electron chi connectivity index (χ0n) is 13.0. The molecule has 0 aromatic carbocycles. The Hall–Kier alpha value is -1.17. The molecule has 1 aliphatic heterocycles. The highest BCUT2D eigenvalue weighted by atomic mass is 32.1. The van der Waals surface area contributed by atoms with Crippen LogP contribution >= 0.6 is 11.3 Å². The average molecular weight is 305 g/mol. The minimum Gasteiger partial charge on any atom is -0.373 e. The lowest BCUT2D eigenvalue weighted by atomic mass is 10.2. The molecule has 2 aromatic rings. The largest absolute Gasteiger partial charge is 0.373 e. The molecule has 2 aromatic heterocycles. The molecule has 114 valence electrons. The molecule has 0 N–H and O–H groups in total. The number of ether oxygens (including phenoxy) is 1. The molecule has 1 aliphatic rings. The third kappa shape index (κ3) is 3.36. The van der Waals surface area contributed by atoms with E-state index >= 15 is 0 Å². The maximum absolute atomic E-state index is 5.79. The van der Waals surface area contributed by atoms with E-state index in [1.54, 1.807) is 11.3 Å². The summed E-state index contributed by atoms with van der Waals surface area (Å²) in [5.74, 6) is 0. The van der Waals surface area contributed by atoms with E-state index in [1.807, 2.05) is 6.20 Å². The average Bonchev–Trinajstić information content (AvgIpc) is 2.92. The lowest BCUT2D eigenvalue weighted by molar-refractivity contribution is -0.0670. The Morgan fingerprint density at radius 2 is 2.10 bits per heavy atom. The second kappa shape index (κ2) is 6.30. The van der Waals surface area contributed by atoms with Crippen molar-refractivity contribution >= 4 is 27.2 Å². The summed E-state index contributed by atoms with van der Waals surface area (Å²) in [7, 11) is 2.17. The van der Waals surface area contributed by atoms with Gasteiger partial charge in [-0.25, -0.2) is 0 Å². The Morgan fingerprint density at radius 3 is 2.86 bits per heavy atom. The zero-order chi connectivity index (χ0) is 14.8. The Bertz CT molecular complexity index is 590. The summed E-state index contributed by atoms with van der Waals surface area (Å²) in [6, 6.07) is 4.20. The Kier molecular flexibility index (Phi) is 4.42. The van der Waals surface area contributed by atoms with Crippen LogP contribution in [0.4, 0.5) is 5.69 Å².